The maximum absolute atomic E-state index is 6.24. The lowest BCUT2D eigenvalue weighted by Gasteiger charge is -2.12. The number of nitrogens with zero attached hydrogens (tertiary/aromatic N) is 4. The first-order valence-electron chi connectivity index (χ1n) is 7.17. The average Bonchev–Trinajstić information content (AvgIpc) is 3.24. The van der Waals surface area contributed by atoms with E-state index >= 15 is 0 Å². The number of benzene rings is 1. The quantitative estimate of drug-likeness (QED) is 0.790. The molecule has 1 aromatic carbocycles. The molecule has 6 nitrogen and oxygen atoms in total. The van der Waals surface area contributed by atoms with E-state index in [1.54, 1.807) is 11.8 Å². The van der Waals surface area contributed by atoms with Crippen LogP contribution >= 0.6 is 11.8 Å². The van der Waals surface area contributed by atoms with Gasteiger partial charge in [0.2, 0.25) is 5.16 Å². The summed E-state index contributed by atoms with van der Waals surface area (Å²) in [6.07, 6.45) is 2.34. The lowest BCUT2D eigenvalue weighted by atomic mass is 10.1. The molecule has 1 saturated carbocycles. The van der Waals surface area contributed by atoms with Gasteiger partial charge in [-0.1, -0.05) is 23.9 Å². The predicted octanol–water partition coefficient (Wildman–Crippen LogP) is 2.20. The summed E-state index contributed by atoms with van der Waals surface area (Å²) in [7, 11) is 0. The van der Waals surface area contributed by atoms with E-state index in [9.17, 15) is 0 Å². The van der Waals surface area contributed by atoms with Crippen molar-refractivity contribution in [3.63, 3.8) is 0 Å². The van der Waals surface area contributed by atoms with Crippen molar-refractivity contribution in [2.75, 3.05) is 12.4 Å². The van der Waals surface area contributed by atoms with Crippen molar-refractivity contribution in [2.45, 2.75) is 37.0 Å². The molecule has 1 unspecified atom stereocenters. The number of thioether (sulfide) groups is 1. The number of hydrogen-bond acceptors (Lipinski definition) is 6. The third kappa shape index (κ3) is 3.54. The summed E-state index contributed by atoms with van der Waals surface area (Å²) < 4.78 is 7.34. The van der Waals surface area contributed by atoms with E-state index in [1.165, 1.54) is 12.8 Å². The third-order valence-corrected chi connectivity index (χ3v) is 4.42. The molecule has 0 spiro atoms. The van der Waals surface area contributed by atoms with E-state index in [-0.39, 0.29) is 6.04 Å². The largest absolute Gasteiger partial charge is 0.494 e. The van der Waals surface area contributed by atoms with Crippen molar-refractivity contribution >= 4 is 11.8 Å². The fourth-order valence-electron chi connectivity index (χ4n) is 2.07. The second-order valence-electron chi connectivity index (χ2n) is 5.06. The minimum atomic E-state index is -0.0463. The van der Waals surface area contributed by atoms with Gasteiger partial charge in [-0.25, -0.2) is 4.68 Å². The number of nitrogens with two attached hydrogens (primary N) is 1. The Hall–Kier alpha value is -1.60. The molecular formula is C14H19N5OS. The van der Waals surface area contributed by atoms with E-state index in [1.807, 2.05) is 35.9 Å². The van der Waals surface area contributed by atoms with E-state index in [0.717, 1.165) is 22.2 Å². The van der Waals surface area contributed by atoms with Crippen LogP contribution in [-0.2, 0) is 0 Å². The lowest BCUT2D eigenvalue weighted by Crippen LogP contribution is -2.13. The molecule has 1 fully saturated rings. The Morgan fingerprint density at radius 1 is 1.38 bits per heavy atom. The van der Waals surface area contributed by atoms with Gasteiger partial charge in [0.05, 0.1) is 12.6 Å². The molecule has 1 atom stereocenters. The van der Waals surface area contributed by atoms with Crippen LogP contribution in [0.5, 0.6) is 5.75 Å². The summed E-state index contributed by atoms with van der Waals surface area (Å²) in [5.41, 5.74) is 7.33. The molecule has 3 rings (SSSR count). The van der Waals surface area contributed by atoms with Gasteiger partial charge in [-0.15, -0.1) is 5.10 Å². The van der Waals surface area contributed by atoms with E-state index in [2.05, 4.69) is 15.5 Å². The Balaban J connectivity index is 1.58. The maximum atomic E-state index is 6.24. The minimum absolute atomic E-state index is 0.0463. The van der Waals surface area contributed by atoms with Gasteiger partial charge in [-0.2, -0.15) is 0 Å². The van der Waals surface area contributed by atoms with Crippen LogP contribution in [0.3, 0.4) is 0 Å². The highest BCUT2D eigenvalue weighted by Gasteiger charge is 2.28. The van der Waals surface area contributed by atoms with Gasteiger partial charge in [-0.05, 0) is 47.9 Å². The normalized spacial score (nSPS) is 15.9. The first kappa shape index (κ1) is 14.3. The second kappa shape index (κ2) is 6.44. The SMILES string of the molecule is CCOc1ccc(C(N)CSc2nnnn2C2CC2)cc1. The Bertz CT molecular complexity index is 581. The van der Waals surface area contributed by atoms with Crippen molar-refractivity contribution in [2.24, 2.45) is 5.73 Å². The van der Waals surface area contributed by atoms with E-state index in [4.69, 9.17) is 10.5 Å². The summed E-state index contributed by atoms with van der Waals surface area (Å²) in [6.45, 7) is 2.64. The van der Waals surface area contributed by atoms with Crippen molar-refractivity contribution in [3.05, 3.63) is 29.8 Å². The monoisotopic (exact) mass is 305 g/mol. The van der Waals surface area contributed by atoms with Crippen LogP contribution < -0.4 is 10.5 Å². The van der Waals surface area contributed by atoms with Crippen molar-refractivity contribution in [1.82, 2.24) is 20.2 Å². The lowest BCUT2D eigenvalue weighted by molar-refractivity contribution is 0.340. The van der Waals surface area contributed by atoms with E-state index in [0.29, 0.717) is 12.6 Å². The molecule has 0 saturated heterocycles. The first-order valence-corrected chi connectivity index (χ1v) is 8.15. The van der Waals surface area contributed by atoms with Gasteiger partial charge >= 0.3 is 0 Å². The molecule has 1 aliphatic rings. The molecule has 21 heavy (non-hydrogen) atoms. The number of hydrogen-bond donors (Lipinski definition) is 1. The van der Waals surface area contributed by atoms with Gasteiger partial charge in [0, 0.05) is 11.8 Å². The molecule has 0 aliphatic heterocycles. The summed E-state index contributed by atoms with van der Waals surface area (Å²) in [5.74, 6) is 1.62. The molecule has 0 radical (unpaired) electrons. The smallest absolute Gasteiger partial charge is 0.209 e. The number of rotatable bonds is 7. The fraction of sp³-hybridized carbons (Fsp3) is 0.500. The Morgan fingerprint density at radius 2 is 2.14 bits per heavy atom. The van der Waals surface area contributed by atoms with Gasteiger partial charge in [0.15, 0.2) is 0 Å². The molecule has 2 aromatic rings. The maximum Gasteiger partial charge on any atom is 0.209 e. The van der Waals surface area contributed by atoms with Crippen LogP contribution in [0.25, 0.3) is 0 Å². The van der Waals surface area contributed by atoms with Crippen molar-refractivity contribution in [3.8, 4) is 5.75 Å². The van der Waals surface area contributed by atoms with Gasteiger partial charge in [-0.3, -0.25) is 0 Å². The predicted molar refractivity (Wildman–Crippen MR) is 81.4 cm³/mol. The van der Waals surface area contributed by atoms with Gasteiger partial charge in [0.1, 0.15) is 5.75 Å². The molecule has 0 amide bonds. The van der Waals surface area contributed by atoms with Crippen LogP contribution in [0, 0.1) is 0 Å². The van der Waals surface area contributed by atoms with Crippen LogP contribution in [0.15, 0.2) is 29.4 Å². The standard InChI is InChI=1S/C14H19N5OS/c1-2-20-12-7-3-10(4-8-12)13(15)9-21-14-16-17-18-19(14)11-5-6-11/h3-4,7-8,11,13H,2,5-6,9,15H2,1H3. The minimum Gasteiger partial charge on any atom is -0.494 e. The van der Waals surface area contributed by atoms with Crippen LogP contribution in [0.2, 0.25) is 0 Å². The number of aromatic nitrogens is 4. The zero-order chi connectivity index (χ0) is 14.7. The summed E-state index contributed by atoms with van der Waals surface area (Å²) in [6, 6.07) is 8.38. The summed E-state index contributed by atoms with van der Waals surface area (Å²) in [4.78, 5) is 0. The highest BCUT2D eigenvalue weighted by atomic mass is 32.2. The van der Waals surface area contributed by atoms with Gasteiger partial charge < -0.3 is 10.5 Å². The molecule has 1 aliphatic carbocycles. The van der Waals surface area contributed by atoms with Crippen LogP contribution in [0.4, 0.5) is 0 Å². The van der Waals surface area contributed by atoms with Crippen molar-refractivity contribution < 1.29 is 4.74 Å². The molecule has 2 N–H and O–H groups in total. The summed E-state index contributed by atoms with van der Waals surface area (Å²) >= 11 is 1.61. The average molecular weight is 305 g/mol. The highest BCUT2D eigenvalue weighted by Crippen LogP contribution is 2.36. The zero-order valence-electron chi connectivity index (χ0n) is 12.0. The second-order valence-corrected chi connectivity index (χ2v) is 6.04. The Morgan fingerprint density at radius 3 is 2.81 bits per heavy atom. The number of tetrazole rings is 1. The molecule has 0 bridgehead atoms. The third-order valence-electron chi connectivity index (χ3n) is 3.37. The van der Waals surface area contributed by atoms with Gasteiger partial charge in [0.25, 0.3) is 0 Å². The Kier molecular flexibility index (Phi) is 4.40. The zero-order valence-corrected chi connectivity index (χ0v) is 12.8. The van der Waals surface area contributed by atoms with Crippen LogP contribution in [0.1, 0.15) is 37.4 Å². The highest BCUT2D eigenvalue weighted by molar-refractivity contribution is 7.99. The molecule has 112 valence electrons. The topological polar surface area (TPSA) is 78.8 Å². The number of ether oxygens (including phenoxy) is 1. The molecule has 1 aromatic heterocycles. The summed E-state index contributed by atoms with van der Waals surface area (Å²) in [5, 5.41) is 12.7. The first-order chi connectivity index (χ1) is 10.3. The van der Waals surface area contributed by atoms with Crippen molar-refractivity contribution in [1.29, 1.82) is 0 Å². The molecule has 1 heterocycles. The fourth-order valence-corrected chi connectivity index (χ4v) is 3.00. The molecule has 7 heteroatoms. The van der Waals surface area contributed by atoms with Crippen LogP contribution in [-0.4, -0.2) is 32.6 Å². The van der Waals surface area contributed by atoms with E-state index < -0.39 is 0 Å². The molecular weight excluding hydrogens is 286 g/mol. The Labute approximate surface area is 128 Å².